The van der Waals surface area contributed by atoms with Gasteiger partial charge in [-0.3, -0.25) is 0 Å². The van der Waals surface area contributed by atoms with Gasteiger partial charge in [-0.2, -0.15) is 0 Å². The van der Waals surface area contributed by atoms with Gasteiger partial charge in [0.15, 0.2) is 0 Å². The summed E-state index contributed by atoms with van der Waals surface area (Å²) in [6.07, 6.45) is 0.918. The van der Waals surface area contributed by atoms with Crippen LogP contribution < -0.4 is 4.74 Å². The summed E-state index contributed by atoms with van der Waals surface area (Å²) in [5.41, 5.74) is 4.46. The van der Waals surface area contributed by atoms with Crippen LogP contribution in [0.5, 0.6) is 5.75 Å². The lowest BCUT2D eigenvalue weighted by atomic mass is 9.95. The molecule has 1 N–H and O–H groups in total. The van der Waals surface area contributed by atoms with Crippen molar-refractivity contribution in [3.63, 3.8) is 0 Å². The van der Waals surface area contributed by atoms with Crippen LogP contribution in [0, 0.1) is 6.92 Å². The molecule has 2 aromatic carbocycles. The maximum absolute atomic E-state index is 11.1. The van der Waals surface area contributed by atoms with Crippen LogP contribution >= 0.6 is 0 Å². The topological polar surface area (TPSA) is 46.5 Å². The van der Waals surface area contributed by atoms with Crippen molar-refractivity contribution in [2.24, 2.45) is 0 Å². The highest BCUT2D eigenvalue weighted by Gasteiger charge is 2.18. The summed E-state index contributed by atoms with van der Waals surface area (Å²) in [6, 6.07) is 11.2. The first-order valence-corrected chi connectivity index (χ1v) is 6.26. The first-order chi connectivity index (χ1) is 9.16. The highest BCUT2D eigenvalue weighted by Crippen LogP contribution is 2.38. The van der Waals surface area contributed by atoms with Crippen molar-refractivity contribution in [2.45, 2.75) is 13.3 Å². The fourth-order valence-corrected chi connectivity index (χ4v) is 2.47. The average molecular weight is 254 g/mol. The zero-order chi connectivity index (χ0) is 13.4. The number of aromatic carboxylic acids is 1. The Labute approximate surface area is 111 Å². The first-order valence-electron chi connectivity index (χ1n) is 6.26. The second-order valence-corrected chi connectivity index (χ2v) is 4.73. The Balaban J connectivity index is 2.20. The molecule has 96 valence electrons. The van der Waals surface area contributed by atoms with E-state index < -0.39 is 5.97 Å². The van der Waals surface area contributed by atoms with E-state index in [1.54, 1.807) is 12.1 Å². The summed E-state index contributed by atoms with van der Waals surface area (Å²) in [4.78, 5) is 11.1. The third kappa shape index (κ3) is 1.97. The third-order valence-electron chi connectivity index (χ3n) is 3.49. The number of hydrogen-bond acceptors (Lipinski definition) is 2. The molecule has 2 aromatic rings. The summed E-state index contributed by atoms with van der Waals surface area (Å²) < 4.78 is 5.69. The second-order valence-electron chi connectivity index (χ2n) is 4.73. The number of carboxylic acid groups (broad SMARTS) is 1. The van der Waals surface area contributed by atoms with Crippen LogP contribution in [-0.4, -0.2) is 17.7 Å². The van der Waals surface area contributed by atoms with Gasteiger partial charge in [0.2, 0.25) is 0 Å². The van der Waals surface area contributed by atoms with Gasteiger partial charge in [0.25, 0.3) is 0 Å². The molecule has 0 fully saturated rings. The van der Waals surface area contributed by atoms with E-state index in [0.717, 1.165) is 28.9 Å². The maximum atomic E-state index is 11.1. The summed E-state index contributed by atoms with van der Waals surface area (Å²) in [6.45, 7) is 2.68. The molecule has 0 saturated heterocycles. The van der Waals surface area contributed by atoms with E-state index in [-0.39, 0.29) is 0 Å². The minimum Gasteiger partial charge on any atom is -0.492 e. The van der Waals surface area contributed by atoms with Gasteiger partial charge in [0.05, 0.1) is 12.2 Å². The van der Waals surface area contributed by atoms with Gasteiger partial charge in [-0.15, -0.1) is 0 Å². The van der Waals surface area contributed by atoms with Gasteiger partial charge in [0.1, 0.15) is 5.75 Å². The first kappa shape index (κ1) is 11.8. The van der Waals surface area contributed by atoms with Crippen molar-refractivity contribution in [3.8, 4) is 16.9 Å². The molecule has 0 bridgehead atoms. The molecule has 19 heavy (non-hydrogen) atoms. The van der Waals surface area contributed by atoms with Crippen molar-refractivity contribution in [3.05, 3.63) is 53.1 Å². The number of benzene rings is 2. The maximum Gasteiger partial charge on any atom is 0.335 e. The van der Waals surface area contributed by atoms with E-state index in [9.17, 15) is 4.79 Å². The molecule has 0 unspecified atom stereocenters. The number of fused-ring (bicyclic) bond motifs is 1. The van der Waals surface area contributed by atoms with Gasteiger partial charge in [-0.25, -0.2) is 4.79 Å². The van der Waals surface area contributed by atoms with E-state index in [2.05, 4.69) is 6.07 Å². The van der Waals surface area contributed by atoms with E-state index >= 15 is 0 Å². The molecule has 0 saturated carbocycles. The van der Waals surface area contributed by atoms with Crippen molar-refractivity contribution < 1.29 is 14.6 Å². The minimum absolute atomic E-state index is 0.302. The summed E-state index contributed by atoms with van der Waals surface area (Å²) in [7, 11) is 0. The molecule has 3 rings (SSSR count). The molecule has 0 aliphatic carbocycles. The quantitative estimate of drug-likeness (QED) is 0.894. The lowest BCUT2D eigenvalue weighted by Crippen LogP contribution is -1.98. The number of ether oxygens (including phenoxy) is 1. The van der Waals surface area contributed by atoms with Gasteiger partial charge < -0.3 is 9.84 Å². The smallest absolute Gasteiger partial charge is 0.335 e. The van der Waals surface area contributed by atoms with Crippen molar-refractivity contribution in [1.29, 1.82) is 0 Å². The van der Waals surface area contributed by atoms with Gasteiger partial charge in [-0.05, 0) is 35.7 Å². The molecule has 1 aliphatic rings. The average Bonchev–Trinajstić information content (AvgIpc) is 2.87. The van der Waals surface area contributed by atoms with E-state index in [0.29, 0.717) is 12.2 Å². The number of rotatable bonds is 2. The van der Waals surface area contributed by atoms with Crippen LogP contribution in [0.1, 0.15) is 21.5 Å². The largest absolute Gasteiger partial charge is 0.492 e. The predicted octanol–water partition coefficient (Wildman–Crippen LogP) is 3.30. The molecule has 0 radical (unpaired) electrons. The molecule has 1 aliphatic heterocycles. The summed E-state index contributed by atoms with van der Waals surface area (Å²) in [5, 5.41) is 9.11. The number of carboxylic acids is 1. The monoisotopic (exact) mass is 254 g/mol. The fourth-order valence-electron chi connectivity index (χ4n) is 2.47. The highest BCUT2D eigenvalue weighted by molar-refractivity contribution is 5.90. The Morgan fingerprint density at radius 3 is 2.84 bits per heavy atom. The Hall–Kier alpha value is -2.29. The molecule has 1 heterocycles. The van der Waals surface area contributed by atoms with E-state index in [1.807, 2.05) is 25.1 Å². The Bertz CT molecular complexity index is 659. The van der Waals surface area contributed by atoms with Gasteiger partial charge in [-0.1, -0.05) is 24.3 Å². The lowest BCUT2D eigenvalue weighted by molar-refractivity contribution is 0.0697. The molecule has 0 amide bonds. The summed E-state index contributed by atoms with van der Waals surface area (Å²) >= 11 is 0. The van der Waals surface area contributed by atoms with Gasteiger partial charge >= 0.3 is 5.97 Å². The van der Waals surface area contributed by atoms with Crippen molar-refractivity contribution >= 4 is 5.97 Å². The number of para-hydroxylation sites is 1. The van der Waals surface area contributed by atoms with Gasteiger partial charge in [0, 0.05) is 12.0 Å². The number of carbonyl (C=O) groups is 1. The second kappa shape index (κ2) is 4.43. The van der Waals surface area contributed by atoms with E-state index in [4.69, 9.17) is 9.84 Å². The van der Waals surface area contributed by atoms with Crippen LogP contribution in [0.3, 0.4) is 0 Å². The van der Waals surface area contributed by atoms with Crippen LogP contribution in [0.15, 0.2) is 36.4 Å². The zero-order valence-electron chi connectivity index (χ0n) is 10.6. The van der Waals surface area contributed by atoms with Crippen LogP contribution in [0.4, 0.5) is 0 Å². The molecule has 0 spiro atoms. The molecule has 3 heteroatoms. The number of hydrogen-bond donors (Lipinski definition) is 1. The predicted molar refractivity (Wildman–Crippen MR) is 72.8 cm³/mol. The van der Waals surface area contributed by atoms with Crippen LogP contribution in [0.25, 0.3) is 11.1 Å². The standard InChI is InChI=1S/C16H14O3/c1-10-5-6-12(16(17)18)9-14(10)13-4-2-3-11-7-8-19-15(11)13/h2-6,9H,7-8H2,1H3,(H,17,18). The molecule has 3 nitrogen and oxygen atoms in total. The lowest BCUT2D eigenvalue weighted by Gasteiger charge is -2.11. The normalized spacial score (nSPS) is 12.9. The minimum atomic E-state index is -0.908. The molecular formula is C16H14O3. The summed E-state index contributed by atoms with van der Waals surface area (Å²) in [5.74, 6) is -0.0112. The zero-order valence-corrected chi connectivity index (χ0v) is 10.6. The molecule has 0 aromatic heterocycles. The van der Waals surface area contributed by atoms with Crippen molar-refractivity contribution in [1.82, 2.24) is 0 Å². The molecular weight excluding hydrogens is 240 g/mol. The number of aryl methyl sites for hydroxylation is 1. The third-order valence-corrected chi connectivity index (χ3v) is 3.49. The van der Waals surface area contributed by atoms with E-state index in [1.165, 1.54) is 5.56 Å². The van der Waals surface area contributed by atoms with Crippen LogP contribution in [0.2, 0.25) is 0 Å². The highest BCUT2D eigenvalue weighted by atomic mass is 16.5. The molecule has 0 atom stereocenters. The Morgan fingerprint density at radius 1 is 1.21 bits per heavy atom. The Kier molecular flexibility index (Phi) is 2.75. The van der Waals surface area contributed by atoms with Crippen molar-refractivity contribution in [2.75, 3.05) is 6.61 Å². The fraction of sp³-hybridized carbons (Fsp3) is 0.188. The van der Waals surface area contributed by atoms with Crippen LogP contribution in [-0.2, 0) is 6.42 Å². The Morgan fingerprint density at radius 2 is 2.05 bits per heavy atom. The SMILES string of the molecule is Cc1ccc(C(=O)O)cc1-c1cccc2c1OCC2.